The van der Waals surface area contributed by atoms with E-state index in [1.807, 2.05) is 24.3 Å². The van der Waals surface area contributed by atoms with Crippen LogP contribution in [0.2, 0.25) is 0 Å². The normalized spacial score (nSPS) is 33.2. The third-order valence-corrected chi connectivity index (χ3v) is 5.50. The van der Waals surface area contributed by atoms with E-state index in [1.54, 1.807) is 0 Å². The van der Waals surface area contributed by atoms with Gasteiger partial charge < -0.3 is 4.74 Å². The van der Waals surface area contributed by atoms with Gasteiger partial charge in [0.05, 0.1) is 6.61 Å². The number of rotatable bonds is 5. The summed E-state index contributed by atoms with van der Waals surface area (Å²) in [5.41, 5.74) is 0.362. The SMILES string of the molecule is ClCC1(CCOc2cccc(Br)c2)CC2CC2C1. The van der Waals surface area contributed by atoms with Gasteiger partial charge in [-0.25, -0.2) is 0 Å². The summed E-state index contributed by atoms with van der Waals surface area (Å²) in [6.07, 6.45) is 5.19. The summed E-state index contributed by atoms with van der Waals surface area (Å²) in [6, 6.07) is 8.03. The van der Waals surface area contributed by atoms with Crippen molar-refractivity contribution in [1.29, 1.82) is 0 Å². The number of hydrogen-bond donors (Lipinski definition) is 0. The van der Waals surface area contributed by atoms with Crippen molar-refractivity contribution >= 4 is 27.5 Å². The highest BCUT2D eigenvalue weighted by Gasteiger charge is 2.52. The number of alkyl halides is 1. The zero-order valence-electron chi connectivity index (χ0n) is 10.4. The molecule has 2 unspecified atom stereocenters. The summed E-state index contributed by atoms with van der Waals surface area (Å²) in [5.74, 6) is 3.70. The van der Waals surface area contributed by atoms with Gasteiger partial charge in [0, 0.05) is 10.4 Å². The van der Waals surface area contributed by atoms with Crippen molar-refractivity contribution in [2.75, 3.05) is 12.5 Å². The lowest BCUT2D eigenvalue weighted by Gasteiger charge is -2.28. The van der Waals surface area contributed by atoms with Crippen LogP contribution in [0.25, 0.3) is 0 Å². The van der Waals surface area contributed by atoms with Crippen molar-refractivity contribution in [1.82, 2.24) is 0 Å². The van der Waals surface area contributed by atoms with Crippen LogP contribution in [0.15, 0.2) is 28.7 Å². The fourth-order valence-electron chi connectivity index (χ4n) is 3.33. The summed E-state index contributed by atoms with van der Waals surface area (Å²) >= 11 is 9.65. The van der Waals surface area contributed by atoms with Gasteiger partial charge in [-0.1, -0.05) is 22.0 Å². The summed E-state index contributed by atoms with van der Waals surface area (Å²) in [5, 5.41) is 0. The van der Waals surface area contributed by atoms with E-state index in [0.717, 1.165) is 41.0 Å². The average Bonchev–Trinajstić information content (AvgIpc) is 2.98. The highest BCUT2D eigenvalue weighted by Crippen LogP contribution is 2.61. The van der Waals surface area contributed by atoms with Crippen molar-refractivity contribution in [2.45, 2.75) is 25.7 Å². The smallest absolute Gasteiger partial charge is 0.120 e. The summed E-state index contributed by atoms with van der Waals surface area (Å²) in [4.78, 5) is 0. The highest BCUT2D eigenvalue weighted by atomic mass is 79.9. The molecule has 0 aromatic heterocycles. The van der Waals surface area contributed by atoms with E-state index in [1.165, 1.54) is 19.3 Å². The van der Waals surface area contributed by atoms with Gasteiger partial charge in [0.1, 0.15) is 5.75 Å². The third kappa shape index (κ3) is 2.70. The Morgan fingerprint density at radius 1 is 1.33 bits per heavy atom. The first-order valence-corrected chi connectivity index (χ1v) is 7.98. The molecule has 1 nitrogen and oxygen atoms in total. The molecule has 2 aliphatic carbocycles. The molecule has 0 heterocycles. The topological polar surface area (TPSA) is 9.23 Å². The zero-order chi connectivity index (χ0) is 12.6. The lowest BCUT2D eigenvalue weighted by atomic mass is 9.82. The molecule has 2 aliphatic rings. The minimum atomic E-state index is 0.362. The van der Waals surface area contributed by atoms with Gasteiger partial charge >= 0.3 is 0 Å². The molecular formula is C15H18BrClO. The first-order chi connectivity index (χ1) is 8.71. The van der Waals surface area contributed by atoms with Crippen LogP contribution in [0.5, 0.6) is 5.75 Å². The number of ether oxygens (including phenoxy) is 1. The van der Waals surface area contributed by atoms with Crippen LogP contribution in [0.3, 0.4) is 0 Å². The summed E-state index contributed by atoms with van der Waals surface area (Å²) < 4.78 is 6.90. The van der Waals surface area contributed by atoms with Crippen LogP contribution in [-0.4, -0.2) is 12.5 Å². The standard InChI is InChI=1S/C15H18BrClO/c16-13-2-1-3-14(7-13)18-5-4-15(10-17)8-11-6-12(11)9-15/h1-3,7,11-12H,4-6,8-10H2. The van der Waals surface area contributed by atoms with Crippen LogP contribution < -0.4 is 4.74 Å². The molecule has 0 radical (unpaired) electrons. The molecule has 0 N–H and O–H groups in total. The molecular weight excluding hydrogens is 312 g/mol. The Morgan fingerprint density at radius 3 is 2.78 bits per heavy atom. The van der Waals surface area contributed by atoms with Crippen LogP contribution in [0.4, 0.5) is 0 Å². The van der Waals surface area contributed by atoms with Crippen molar-refractivity contribution in [3.05, 3.63) is 28.7 Å². The number of fused-ring (bicyclic) bond motifs is 1. The molecule has 0 bridgehead atoms. The van der Waals surface area contributed by atoms with E-state index in [4.69, 9.17) is 16.3 Å². The van der Waals surface area contributed by atoms with E-state index in [-0.39, 0.29) is 0 Å². The molecule has 3 rings (SSSR count). The number of halogens is 2. The fourth-order valence-corrected chi connectivity index (χ4v) is 4.06. The maximum Gasteiger partial charge on any atom is 0.120 e. The van der Waals surface area contributed by atoms with Crippen molar-refractivity contribution in [2.24, 2.45) is 17.3 Å². The van der Waals surface area contributed by atoms with Crippen molar-refractivity contribution in [3.63, 3.8) is 0 Å². The Morgan fingerprint density at radius 2 is 2.11 bits per heavy atom. The minimum Gasteiger partial charge on any atom is -0.494 e. The van der Waals surface area contributed by atoms with Crippen molar-refractivity contribution < 1.29 is 4.74 Å². The van der Waals surface area contributed by atoms with E-state index in [2.05, 4.69) is 15.9 Å². The lowest BCUT2D eigenvalue weighted by molar-refractivity contribution is 0.204. The molecule has 18 heavy (non-hydrogen) atoms. The van der Waals surface area contributed by atoms with Gasteiger partial charge in [0.15, 0.2) is 0 Å². The second-order valence-corrected chi connectivity index (χ2v) is 7.04. The maximum atomic E-state index is 6.19. The van der Waals surface area contributed by atoms with Gasteiger partial charge in [0.25, 0.3) is 0 Å². The predicted octanol–water partition coefficient (Wildman–Crippen LogP) is 4.87. The summed E-state index contributed by atoms with van der Waals surface area (Å²) in [7, 11) is 0. The molecule has 0 spiro atoms. The Labute approximate surface area is 122 Å². The second kappa shape index (κ2) is 5.05. The van der Waals surface area contributed by atoms with Gasteiger partial charge in [-0.3, -0.25) is 0 Å². The Balaban J connectivity index is 1.52. The van der Waals surface area contributed by atoms with E-state index in [0.29, 0.717) is 5.41 Å². The van der Waals surface area contributed by atoms with Gasteiger partial charge in [0.2, 0.25) is 0 Å². The second-order valence-electron chi connectivity index (χ2n) is 5.85. The molecule has 2 atom stereocenters. The van der Waals surface area contributed by atoms with Crippen LogP contribution in [0.1, 0.15) is 25.7 Å². The molecule has 0 aliphatic heterocycles. The molecule has 0 amide bonds. The maximum absolute atomic E-state index is 6.19. The first-order valence-electron chi connectivity index (χ1n) is 6.65. The van der Waals surface area contributed by atoms with Crippen LogP contribution in [0, 0.1) is 17.3 Å². The van der Waals surface area contributed by atoms with Gasteiger partial charge in [-0.05, 0) is 61.1 Å². The van der Waals surface area contributed by atoms with Crippen LogP contribution >= 0.6 is 27.5 Å². The lowest BCUT2D eigenvalue weighted by Crippen LogP contribution is -2.23. The fraction of sp³-hybridized carbons (Fsp3) is 0.600. The van der Waals surface area contributed by atoms with Gasteiger partial charge in [-0.15, -0.1) is 11.6 Å². The molecule has 0 saturated heterocycles. The third-order valence-electron chi connectivity index (χ3n) is 4.44. The first kappa shape index (κ1) is 12.8. The molecule has 98 valence electrons. The average molecular weight is 330 g/mol. The monoisotopic (exact) mass is 328 g/mol. The van der Waals surface area contributed by atoms with Gasteiger partial charge in [-0.2, -0.15) is 0 Å². The molecule has 1 aromatic rings. The van der Waals surface area contributed by atoms with Crippen LogP contribution in [-0.2, 0) is 0 Å². The molecule has 2 saturated carbocycles. The van der Waals surface area contributed by atoms with E-state index in [9.17, 15) is 0 Å². The van der Waals surface area contributed by atoms with Crippen molar-refractivity contribution in [3.8, 4) is 5.75 Å². The Hall–Kier alpha value is -0.210. The van der Waals surface area contributed by atoms with E-state index >= 15 is 0 Å². The largest absolute Gasteiger partial charge is 0.494 e. The number of benzene rings is 1. The quantitative estimate of drug-likeness (QED) is 0.700. The van der Waals surface area contributed by atoms with E-state index < -0.39 is 0 Å². The summed E-state index contributed by atoms with van der Waals surface area (Å²) in [6.45, 7) is 0.780. The molecule has 1 aromatic carbocycles. The highest BCUT2D eigenvalue weighted by molar-refractivity contribution is 9.10. The predicted molar refractivity (Wildman–Crippen MR) is 78.2 cm³/mol. The molecule has 3 heteroatoms. The minimum absolute atomic E-state index is 0.362. The molecule has 2 fully saturated rings. The Kier molecular flexibility index (Phi) is 3.59. The Bertz CT molecular complexity index is 424. The number of hydrogen-bond acceptors (Lipinski definition) is 1. The zero-order valence-corrected chi connectivity index (χ0v) is 12.7.